The van der Waals surface area contributed by atoms with E-state index in [9.17, 15) is 35.9 Å². The minimum Gasteiger partial charge on any atom is -0.364 e. The van der Waals surface area contributed by atoms with Crippen molar-refractivity contribution in [2.24, 2.45) is 11.0 Å². The standard InChI is InChI=1S/C13H19F4N3O4S/c1-2-25(23,24)19-5-3-4-8(7-19)11(21)20-13(22,12(16)17)6-9(18-20)10(14)15/h8,10,12,22H,2-7H2,1H3/t8-,13+/m0/s1. The number of amides is 1. The highest BCUT2D eigenvalue weighted by Gasteiger charge is 2.54. The maximum atomic E-state index is 13.2. The van der Waals surface area contributed by atoms with E-state index in [0.717, 1.165) is 4.31 Å². The maximum absolute atomic E-state index is 13.2. The quantitative estimate of drug-likeness (QED) is 0.706. The highest BCUT2D eigenvalue weighted by Crippen LogP contribution is 2.35. The number of carbonyl (C=O) groups is 1. The van der Waals surface area contributed by atoms with Crippen LogP contribution in [0.2, 0.25) is 0 Å². The Kier molecular flexibility index (Phi) is 5.74. The number of rotatable bonds is 5. The van der Waals surface area contributed by atoms with Crippen LogP contribution in [0.5, 0.6) is 0 Å². The number of aliphatic hydroxyl groups is 1. The van der Waals surface area contributed by atoms with E-state index in [4.69, 9.17) is 0 Å². The van der Waals surface area contributed by atoms with Crippen molar-refractivity contribution in [1.29, 1.82) is 0 Å². The van der Waals surface area contributed by atoms with Gasteiger partial charge in [-0.25, -0.2) is 30.3 Å². The largest absolute Gasteiger partial charge is 0.364 e. The van der Waals surface area contributed by atoms with Crippen molar-refractivity contribution in [1.82, 2.24) is 9.31 Å². The van der Waals surface area contributed by atoms with Crippen molar-refractivity contribution in [2.45, 2.75) is 44.8 Å². The van der Waals surface area contributed by atoms with E-state index in [1.54, 1.807) is 0 Å². The molecule has 1 amide bonds. The summed E-state index contributed by atoms with van der Waals surface area (Å²) in [7, 11) is -3.58. The molecule has 0 aliphatic carbocycles. The third-order valence-corrected chi connectivity index (χ3v) is 6.19. The molecule has 1 saturated heterocycles. The predicted molar refractivity (Wildman–Crippen MR) is 79.6 cm³/mol. The fourth-order valence-electron chi connectivity index (χ4n) is 2.87. The predicted octanol–water partition coefficient (Wildman–Crippen LogP) is 0.855. The van der Waals surface area contributed by atoms with Crippen molar-refractivity contribution in [3.05, 3.63) is 0 Å². The van der Waals surface area contributed by atoms with Gasteiger partial charge in [0.1, 0.15) is 5.71 Å². The minimum absolute atomic E-state index is 0.00584. The van der Waals surface area contributed by atoms with E-state index >= 15 is 0 Å². The van der Waals surface area contributed by atoms with Gasteiger partial charge in [0.05, 0.1) is 11.7 Å². The molecule has 12 heteroatoms. The lowest BCUT2D eigenvalue weighted by molar-refractivity contribution is -0.195. The summed E-state index contributed by atoms with van der Waals surface area (Å²) in [6.07, 6.45) is -7.36. The van der Waals surface area contributed by atoms with Gasteiger partial charge in [-0.15, -0.1) is 0 Å². The number of halogens is 4. The summed E-state index contributed by atoms with van der Waals surface area (Å²) in [5.41, 5.74) is -4.15. The molecule has 7 nitrogen and oxygen atoms in total. The third kappa shape index (κ3) is 3.80. The zero-order valence-electron chi connectivity index (χ0n) is 13.4. The number of carbonyl (C=O) groups excluding carboxylic acids is 1. The second-order valence-electron chi connectivity index (χ2n) is 6.00. The molecule has 2 atom stereocenters. The number of sulfonamides is 1. The fraction of sp³-hybridized carbons (Fsp3) is 0.846. The van der Waals surface area contributed by atoms with Gasteiger partial charge in [-0.1, -0.05) is 0 Å². The van der Waals surface area contributed by atoms with E-state index in [1.165, 1.54) is 6.92 Å². The number of alkyl halides is 4. The van der Waals surface area contributed by atoms with Gasteiger partial charge >= 0.3 is 0 Å². The Balaban J connectivity index is 2.25. The first-order chi connectivity index (χ1) is 11.5. The molecule has 1 fully saturated rings. The Hall–Kier alpha value is -1.27. The monoisotopic (exact) mass is 389 g/mol. The van der Waals surface area contributed by atoms with Crippen molar-refractivity contribution >= 4 is 21.6 Å². The van der Waals surface area contributed by atoms with Crippen LogP contribution < -0.4 is 0 Å². The van der Waals surface area contributed by atoms with Gasteiger partial charge in [0, 0.05) is 19.5 Å². The number of piperidine rings is 1. The lowest BCUT2D eigenvalue weighted by Gasteiger charge is -2.36. The molecule has 2 aliphatic rings. The molecule has 0 spiro atoms. The van der Waals surface area contributed by atoms with Crippen molar-refractivity contribution in [3.8, 4) is 0 Å². The van der Waals surface area contributed by atoms with Gasteiger partial charge in [0.25, 0.3) is 12.9 Å². The summed E-state index contributed by atoms with van der Waals surface area (Å²) in [5.74, 6) is -2.32. The number of nitrogens with zero attached hydrogens (tertiary/aromatic N) is 3. The molecular formula is C13H19F4N3O4S. The smallest absolute Gasteiger partial charge is 0.287 e. The SMILES string of the molecule is CCS(=O)(=O)N1CCC[C@H](C(=O)N2N=C(C(F)F)C[C@@]2(O)C(F)F)C1. The zero-order valence-corrected chi connectivity index (χ0v) is 14.2. The third-order valence-electron chi connectivity index (χ3n) is 4.34. The van der Waals surface area contributed by atoms with Crippen LogP contribution in [0.25, 0.3) is 0 Å². The molecule has 0 saturated carbocycles. The van der Waals surface area contributed by atoms with Gasteiger partial charge in [-0.2, -0.15) is 10.1 Å². The number of hydrogen-bond acceptors (Lipinski definition) is 5. The van der Waals surface area contributed by atoms with Gasteiger partial charge in [-0.05, 0) is 19.8 Å². The Morgan fingerprint density at radius 1 is 1.40 bits per heavy atom. The van der Waals surface area contributed by atoms with Crippen LogP contribution >= 0.6 is 0 Å². The summed E-state index contributed by atoms with van der Waals surface area (Å²) in [5, 5.41) is 13.2. The van der Waals surface area contributed by atoms with Crippen LogP contribution in [0, 0.1) is 5.92 Å². The molecule has 0 unspecified atom stereocenters. The molecule has 0 radical (unpaired) electrons. The molecular weight excluding hydrogens is 370 g/mol. The van der Waals surface area contributed by atoms with E-state index in [0.29, 0.717) is 6.42 Å². The van der Waals surface area contributed by atoms with Crippen molar-refractivity contribution < 1.29 is 35.9 Å². The first-order valence-electron chi connectivity index (χ1n) is 7.71. The second-order valence-corrected chi connectivity index (χ2v) is 8.25. The highest BCUT2D eigenvalue weighted by atomic mass is 32.2. The molecule has 144 valence electrons. The molecule has 2 heterocycles. The average molecular weight is 389 g/mol. The summed E-state index contributed by atoms with van der Waals surface area (Å²) >= 11 is 0. The van der Waals surface area contributed by atoms with Crippen molar-refractivity contribution in [3.63, 3.8) is 0 Å². The van der Waals surface area contributed by atoms with E-state index in [1.807, 2.05) is 0 Å². The molecule has 2 aliphatic heterocycles. The molecule has 1 N–H and O–H groups in total. The first-order valence-corrected chi connectivity index (χ1v) is 9.31. The zero-order chi connectivity index (χ0) is 19.0. The molecule has 0 aromatic rings. The normalized spacial score (nSPS) is 28.7. The van der Waals surface area contributed by atoms with Gasteiger partial charge in [0.2, 0.25) is 21.7 Å². The Bertz CT molecular complexity index is 658. The molecule has 0 bridgehead atoms. The fourth-order valence-corrected chi connectivity index (χ4v) is 4.05. The van der Waals surface area contributed by atoms with Crippen LogP contribution in [-0.2, 0) is 14.8 Å². The molecule has 25 heavy (non-hydrogen) atoms. The van der Waals surface area contributed by atoms with Crippen LogP contribution in [0.4, 0.5) is 17.6 Å². The van der Waals surface area contributed by atoms with Crippen molar-refractivity contribution in [2.75, 3.05) is 18.8 Å². The first kappa shape index (κ1) is 20.0. The highest BCUT2D eigenvalue weighted by molar-refractivity contribution is 7.89. The van der Waals surface area contributed by atoms with Crippen LogP contribution in [-0.4, -0.2) is 71.9 Å². The van der Waals surface area contributed by atoms with Gasteiger partial charge in [0.15, 0.2) is 0 Å². The van der Waals surface area contributed by atoms with Crippen LogP contribution in [0.15, 0.2) is 5.10 Å². The Labute approximate surface area is 142 Å². The Morgan fingerprint density at radius 3 is 2.56 bits per heavy atom. The molecule has 0 aromatic carbocycles. The molecule has 2 rings (SSSR count). The lowest BCUT2D eigenvalue weighted by Crippen LogP contribution is -2.55. The summed E-state index contributed by atoms with van der Waals surface area (Å²) in [6.45, 7) is 1.35. The molecule has 0 aromatic heterocycles. The number of hydrogen-bond donors (Lipinski definition) is 1. The average Bonchev–Trinajstić information content (AvgIpc) is 2.94. The van der Waals surface area contributed by atoms with Gasteiger partial charge in [-0.3, -0.25) is 4.79 Å². The van der Waals surface area contributed by atoms with E-state index < -0.39 is 52.6 Å². The van der Waals surface area contributed by atoms with E-state index in [2.05, 4.69) is 5.10 Å². The summed E-state index contributed by atoms with van der Waals surface area (Å²) in [4.78, 5) is 12.5. The number of hydrazone groups is 1. The second kappa shape index (κ2) is 7.16. The lowest BCUT2D eigenvalue weighted by atomic mass is 9.97. The van der Waals surface area contributed by atoms with Gasteiger partial charge < -0.3 is 5.11 Å². The Morgan fingerprint density at radius 2 is 2.04 bits per heavy atom. The van der Waals surface area contributed by atoms with Crippen LogP contribution in [0.1, 0.15) is 26.2 Å². The maximum Gasteiger partial charge on any atom is 0.287 e. The topological polar surface area (TPSA) is 90.3 Å². The minimum atomic E-state index is -3.58. The van der Waals surface area contributed by atoms with Crippen LogP contribution in [0.3, 0.4) is 0 Å². The van der Waals surface area contributed by atoms with E-state index in [-0.39, 0.29) is 30.3 Å². The summed E-state index contributed by atoms with van der Waals surface area (Å²) in [6, 6.07) is 0. The summed E-state index contributed by atoms with van der Waals surface area (Å²) < 4.78 is 76.9.